The van der Waals surface area contributed by atoms with E-state index in [9.17, 15) is 0 Å². The predicted octanol–water partition coefficient (Wildman–Crippen LogP) is 4.20. The molecule has 0 radical (unpaired) electrons. The molecular weight excluding hydrogens is 453 g/mol. The smallest absolute Gasteiger partial charge is 0.193 e. The van der Waals surface area contributed by atoms with Crippen molar-refractivity contribution in [3.05, 3.63) is 0 Å². The maximum atomic E-state index is 5.97. The molecule has 3 rings (SSSR count). The topological polar surface area (TPSA) is 46.1 Å². The van der Waals surface area contributed by atoms with E-state index in [0.29, 0.717) is 11.5 Å². The molecule has 0 atom stereocenters. The van der Waals surface area contributed by atoms with E-state index in [1.807, 2.05) is 7.05 Å². The van der Waals surface area contributed by atoms with Crippen LogP contribution in [0, 0.1) is 5.41 Å². The van der Waals surface area contributed by atoms with Crippen molar-refractivity contribution in [2.75, 3.05) is 46.5 Å². The quantitative estimate of drug-likeness (QED) is 0.270. The molecule has 5 nitrogen and oxygen atoms in total. The minimum atomic E-state index is 0. The maximum Gasteiger partial charge on any atom is 0.193 e. The van der Waals surface area contributed by atoms with E-state index >= 15 is 0 Å². The van der Waals surface area contributed by atoms with Crippen LogP contribution in [0.3, 0.4) is 0 Å². The van der Waals surface area contributed by atoms with Crippen LogP contribution >= 0.6 is 24.0 Å². The van der Waals surface area contributed by atoms with Gasteiger partial charge in [-0.05, 0) is 50.4 Å². The van der Waals surface area contributed by atoms with Crippen molar-refractivity contribution < 1.29 is 9.47 Å². The Morgan fingerprint density at radius 3 is 2.52 bits per heavy atom. The number of nitrogens with zero attached hydrogens (tertiary/aromatic N) is 2. The zero-order valence-corrected chi connectivity index (χ0v) is 19.5. The molecule has 2 saturated heterocycles. The number of piperidine rings is 1. The summed E-state index contributed by atoms with van der Waals surface area (Å²) in [6.45, 7) is 5.84. The summed E-state index contributed by atoms with van der Waals surface area (Å²) in [6.07, 6.45) is 14.8. The van der Waals surface area contributed by atoms with E-state index in [2.05, 4.69) is 15.2 Å². The van der Waals surface area contributed by atoms with Crippen LogP contribution in [-0.4, -0.2) is 63.5 Å². The number of halogens is 1. The minimum Gasteiger partial charge on any atom is -0.381 e. The van der Waals surface area contributed by atoms with Crippen LogP contribution in [-0.2, 0) is 9.47 Å². The summed E-state index contributed by atoms with van der Waals surface area (Å²) < 4.78 is 11.4. The highest BCUT2D eigenvalue weighted by Crippen LogP contribution is 2.42. The Balaban J connectivity index is 0.00000261. The first-order valence-electron chi connectivity index (χ1n) is 11.0. The summed E-state index contributed by atoms with van der Waals surface area (Å²) >= 11 is 0. The number of aliphatic imine (C=N–C) groups is 1. The third kappa shape index (κ3) is 7.35. The highest BCUT2D eigenvalue weighted by molar-refractivity contribution is 14.0. The Morgan fingerprint density at radius 2 is 1.81 bits per heavy atom. The van der Waals surface area contributed by atoms with E-state index in [4.69, 9.17) is 9.47 Å². The molecule has 0 aromatic heterocycles. The molecule has 27 heavy (non-hydrogen) atoms. The van der Waals surface area contributed by atoms with E-state index in [0.717, 1.165) is 58.1 Å². The fourth-order valence-electron chi connectivity index (χ4n) is 4.97. The summed E-state index contributed by atoms with van der Waals surface area (Å²) in [5.74, 6) is 1.10. The minimum absolute atomic E-state index is 0. The first-order valence-corrected chi connectivity index (χ1v) is 11.0. The second kappa shape index (κ2) is 12.5. The highest BCUT2D eigenvalue weighted by Gasteiger charge is 2.36. The van der Waals surface area contributed by atoms with Gasteiger partial charge in [0.15, 0.2) is 5.96 Å². The molecule has 3 fully saturated rings. The molecular formula is C21H40IN3O2. The average Bonchev–Trinajstić information content (AvgIpc) is 2.91. The van der Waals surface area contributed by atoms with Crippen LogP contribution in [0.5, 0.6) is 0 Å². The van der Waals surface area contributed by atoms with E-state index in [1.54, 1.807) is 0 Å². The highest BCUT2D eigenvalue weighted by atomic mass is 127. The number of rotatable bonds is 5. The molecule has 3 aliphatic rings. The number of hydrogen-bond acceptors (Lipinski definition) is 3. The molecule has 1 aliphatic carbocycles. The first-order chi connectivity index (χ1) is 12.8. The Morgan fingerprint density at radius 1 is 1.11 bits per heavy atom. The van der Waals surface area contributed by atoms with Gasteiger partial charge in [0.05, 0.1) is 6.10 Å². The van der Waals surface area contributed by atoms with Crippen LogP contribution in [0.15, 0.2) is 4.99 Å². The molecule has 0 aromatic carbocycles. The van der Waals surface area contributed by atoms with Crippen LogP contribution in [0.1, 0.15) is 70.6 Å². The summed E-state index contributed by atoms with van der Waals surface area (Å²) in [7, 11) is 1.93. The molecule has 2 heterocycles. The van der Waals surface area contributed by atoms with Crippen molar-refractivity contribution in [2.24, 2.45) is 10.4 Å². The van der Waals surface area contributed by atoms with Gasteiger partial charge in [-0.25, -0.2) is 0 Å². The average molecular weight is 493 g/mol. The van der Waals surface area contributed by atoms with Gasteiger partial charge >= 0.3 is 0 Å². The third-order valence-corrected chi connectivity index (χ3v) is 6.46. The Bertz CT molecular complexity index is 433. The zero-order valence-electron chi connectivity index (χ0n) is 17.2. The number of hydrogen-bond donors (Lipinski definition) is 1. The van der Waals surface area contributed by atoms with Gasteiger partial charge in [0, 0.05) is 46.5 Å². The van der Waals surface area contributed by atoms with Crippen LogP contribution in [0.25, 0.3) is 0 Å². The standard InChI is InChI=1S/C21H39N3O2.HI/c1-22-20(23-13-7-15-26-19-8-16-25-17-9-19)24-14-6-12-21(18-24)10-4-2-3-5-11-21;/h19H,2-18H2,1H3,(H,22,23);1H. The molecule has 0 bridgehead atoms. The van der Waals surface area contributed by atoms with Crippen molar-refractivity contribution in [3.63, 3.8) is 0 Å². The molecule has 6 heteroatoms. The monoisotopic (exact) mass is 493 g/mol. The maximum absolute atomic E-state index is 5.97. The van der Waals surface area contributed by atoms with Gasteiger partial charge < -0.3 is 19.7 Å². The van der Waals surface area contributed by atoms with Crippen molar-refractivity contribution in [1.82, 2.24) is 10.2 Å². The van der Waals surface area contributed by atoms with Crippen molar-refractivity contribution in [1.29, 1.82) is 0 Å². The lowest BCUT2D eigenvalue weighted by molar-refractivity contribution is -0.0320. The second-order valence-electron chi connectivity index (χ2n) is 8.45. The van der Waals surface area contributed by atoms with E-state index in [-0.39, 0.29) is 24.0 Å². The predicted molar refractivity (Wildman–Crippen MR) is 122 cm³/mol. The largest absolute Gasteiger partial charge is 0.381 e. The molecule has 0 amide bonds. The second-order valence-corrected chi connectivity index (χ2v) is 8.45. The zero-order chi connectivity index (χ0) is 18.1. The molecule has 158 valence electrons. The van der Waals surface area contributed by atoms with Gasteiger partial charge in [0.2, 0.25) is 0 Å². The summed E-state index contributed by atoms with van der Waals surface area (Å²) in [6, 6.07) is 0. The van der Waals surface area contributed by atoms with Gasteiger partial charge in [0.25, 0.3) is 0 Å². The molecule has 1 N–H and O–H groups in total. The van der Waals surface area contributed by atoms with Gasteiger partial charge in [-0.3, -0.25) is 4.99 Å². The normalized spacial score (nSPS) is 24.3. The molecule has 2 aliphatic heterocycles. The van der Waals surface area contributed by atoms with Crippen LogP contribution < -0.4 is 5.32 Å². The summed E-state index contributed by atoms with van der Waals surface area (Å²) in [5.41, 5.74) is 0.554. The Hall–Kier alpha value is -0.0800. The fraction of sp³-hybridized carbons (Fsp3) is 0.952. The molecule has 0 aromatic rings. The lowest BCUT2D eigenvalue weighted by atomic mass is 9.74. The van der Waals surface area contributed by atoms with Crippen LogP contribution in [0.2, 0.25) is 0 Å². The fourth-order valence-corrected chi connectivity index (χ4v) is 4.97. The number of nitrogens with one attached hydrogen (secondary N) is 1. The lowest BCUT2D eigenvalue weighted by Crippen LogP contribution is -2.50. The third-order valence-electron chi connectivity index (χ3n) is 6.46. The summed E-state index contributed by atoms with van der Waals surface area (Å²) in [4.78, 5) is 7.10. The molecule has 1 spiro atoms. The van der Waals surface area contributed by atoms with Gasteiger partial charge in [-0.15, -0.1) is 24.0 Å². The molecule has 1 saturated carbocycles. The van der Waals surface area contributed by atoms with Gasteiger partial charge in [-0.1, -0.05) is 25.7 Å². The number of likely N-dealkylation sites (tertiary alicyclic amines) is 1. The van der Waals surface area contributed by atoms with Gasteiger partial charge in [-0.2, -0.15) is 0 Å². The van der Waals surface area contributed by atoms with Crippen molar-refractivity contribution >= 4 is 29.9 Å². The Labute approximate surface area is 183 Å². The Kier molecular flexibility index (Phi) is 10.7. The van der Waals surface area contributed by atoms with Gasteiger partial charge in [0.1, 0.15) is 0 Å². The van der Waals surface area contributed by atoms with Crippen LogP contribution in [0.4, 0.5) is 0 Å². The SMILES string of the molecule is CN=C(NCCCOC1CCOCC1)N1CCCC2(CCCCCC2)C1.I. The van der Waals surface area contributed by atoms with E-state index < -0.39 is 0 Å². The number of ether oxygens (including phenoxy) is 2. The lowest BCUT2D eigenvalue weighted by Gasteiger charge is -2.44. The number of guanidine groups is 1. The van der Waals surface area contributed by atoms with Crippen molar-refractivity contribution in [3.8, 4) is 0 Å². The van der Waals surface area contributed by atoms with E-state index in [1.165, 1.54) is 57.9 Å². The molecule has 0 unspecified atom stereocenters. The van der Waals surface area contributed by atoms with Crippen molar-refractivity contribution in [2.45, 2.75) is 76.7 Å². The first kappa shape index (κ1) is 23.2. The summed E-state index contributed by atoms with van der Waals surface area (Å²) in [5, 5.41) is 3.59.